The van der Waals surface area contributed by atoms with E-state index in [1.54, 1.807) is 0 Å². The molecular formula is C17H26ClN3. The van der Waals surface area contributed by atoms with E-state index in [4.69, 9.17) is 11.6 Å². The normalized spacial score (nSPS) is 27.7. The standard InChI is InChI=1S/C17H26ClN3/c1-12-10-20-8-4-5-15(20)11-21(12)17-7-6-14(9-16(17)18)13(2)19-3/h6-7,9,12-13,15,19H,4-5,8,10-11H2,1-3H3. The topological polar surface area (TPSA) is 18.5 Å². The van der Waals surface area contributed by atoms with Crippen LogP contribution in [-0.2, 0) is 0 Å². The van der Waals surface area contributed by atoms with Crippen molar-refractivity contribution in [3.05, 3.63) is 28.8 Å². The predicted molar refractivity (Wildman–Crippen MR) is 90.3 cm³/mol. The first-order chi connectivity index (χ1) is 10.1. The maximum atomic E-state index is 6.59. The van der Waals surface area contributed by atoms with Crippen LogP contribution in [0.5, 0.6) is 0 Å². The van der Waals surface area contributed by atoms with Crippen LogP contribution >= 0.6 is 11.6 Å². The zero-order chi connectivity index (χ0) is 15.0. The first-order valence-electron chi connectivity index (χ1n) is 8.07. The smallest absolute Gasteiger partial charge is 0.0643 e. The van der Waals surface area contributed by atoms with Gasteiger partial charge in [-0.15, -0.1) is 0 Å². The summed E-state index contributed by atoms with van der Waals surface area (Å²) in [5, 5.41) is 4.15. The lowest BCUT2D eigenvalue weighted by atomic mass is 10.0. The SMILES string of the molecule is CNC(C)c1ccc(N2CC3CCCN3CC2C)c(Cl)c1. The second-order valence-electron chi connectivity index (χ2n) is 6.51. The van der Waals surface area contributed by atoms with Gasteiger partial charge in [-0.05, 0) is 58.0 Å². The Bertz CT molecular complexity index is 505. The van der Waals surface area contributed by atoms with Crippen LogP contribution in [0.1, 0.15) is 38.3 Å². The minimum atomic E-state index is 0.334. The molecule has 4 heteroatoms. The molecule has 0 bridgehead atoms. The fourth-order valence-corrected chi connectivity index (χ4v) is 4.01. The summed E-state index contributed by atoms with van der Waals surface area (Å²) < 4.78 is 0. The molecule has 21 heavy (non-hydrogen) atoms. The van der Waals surface area contributed by atoms with Gasteiger partial charge in [-0.3, -0.25) is 4.90 Å². The van der Waals surface area contributed by atoms with Crippen molar-refractivity contribution in [2.24, 2.45) is 0 Å². The van der Waals surface area contributed by atoms with Gasteiger partial charge in [0.15, 0.2) is 0 Å². The fourth-order valence-electron chi connectivity index (χ4n) is 3.72. The van der Waals surface area contributed by atoms with Crippen LogP contribution in [0.3, 0.4) is 0 Å². The number of rotatable bonds is 3. The number of fused-ring (bicyclic) bond motifs is 1. The van der Waals surface area contributed by atoms with E-state index in [1.807, 2.05) is 7.05 Å². The van der Waals surface area contributed by atoms with Crippen LogP contribution in [0, 0.1) is 0 Å². The van der Waals surface area contributed by atoms with Crippen LogP contribution in [0.15, 0.2) is 18.2 Å². The minimum Gasteiger partial charge on any atom is -0.365 e. The van der Waals surface area contributed by atoms with E-state index in [2.05, 4.69) is 47.2 Å². The Morgan fingerprint density at radius 1 is 1.33 bits per heavy atom. The average Bonchev–Trinajstić information content (AvgIpc) is 2.92. The lowest BCUT2D eigenvalue weighted by Gasteiger charge is -2.44. The molecule has 3 unspecified atom stereocenters. The van der Waals surface area contributed by atoms with Gasteiger partial charge in [0.2, 0.25) is 0 Å². The van der Waals surface area contributed by atoms with Gasteiger partial charge >= 0.3 is 0 Å². The van der Waals surface area contributed by atoms with E-state index in [0.29, 0.717) is 18.1 Å². The number of piperazine rings is 1. The van der Waals surface area contributed by atoms with Crippen molar-refractivity contribution >= 4 is 17.3 Å². The molecule has 2 aliphatic heterocycles. The summed E-state index contributed by atoms with van der Waals surface area (Å²) in [6, 6.07) is 8.10. The summed E-state index contributed by atoms with van der Waals surface area (Å²) in [6.07, 6.45) is 2.67. The van der Waals surface area contributed by atoms with Gasteiger partial charge in [0.1, 0.15) is 0 Å². The van der Waals surface area contributed by atoms with Crippen molar-refractivity contribution in [3.8, 4) is 0 Å². The molecule has 1 aromatic carbocycles. The first kappa shape index (κ1) is 15.1. The molecule has 2 saturated heterocycles. The molecule has 0 saturated carbocycles. The highest BCUT2D eigenvalue weighted by Crippen LogP contribution is 2.34. The second-order valence-corrected chi connectivity index (χ2v) is 6.92. The van der Waals surface area contributed by atoms with Crippen LogP contribution in [0.4, 0.5) is 5.69 Å². The number of anilines is 1. The Hall–Kier alpha value is -0.770. The molecule has 0 aliphatic carbocycles. The van der Waals surface area contributed by atoms with Gasteiger partial charge in [0.05, 0.1) is 10.7 Å². The highest BCUT2D eigenvalue weighted by molar-refractivity contribution is 6.33. The van der Waals surface area contributed by atoms with Crippen molar-refractivity contribution < 1.29 is 0 Å². The average molecular weight is 308 g/mol. The Morgan fingerprint density at radius 3 is 2.86 bits per heavy atom. The van der Waals surface area contributed by atoms with E-state index >= 15 is 0 Å². The molecule has 3 nitrogen and oxygen atoms in total. The van der Waals surface area contributed by atoms with Crippen LogP contribution in [0.2, 0.25) is 5.02 Å². The van der Waals surface area contributed by atoms with Gasteiger partial charge in [0, 0.05) is 31.2 Å². The summed E-state index contributed by atoms with van der Waals surface area (Å²) in [5.41, 5.74) is 2.45. The van der Waals surface area contributed by atoms with Gasteiger partial charge in [0.25, 0.3) is 0 Å². The molecule has 1 aromatic rings. The van der Waals surface area contributed by atoms with Crippen LogP contribution < -0.4 is 10.2 Å². The molecule has 0 radical (unpaired) electrons. The largest absolute Gasteiger partial charge is 0.365 e. The molecule has 0 aromatic heterocycles. The maximum absolute atomic E-state index is 6.59. The molecule has 1 N–H and O–H groups in total. The van der Waals surface area contributed by atoms with Gasteiger partial charge in [-0.25, -0.2) is 0 Å². The van der Waals surface area contributed by atoms with E-state index < -0.39 is 0 Å². The predicted octanol–water partition coefficient (Wildman–Crippen LogP) is 3.29. The van der Waals surface area contributed by atoms with E-state index in [9.17, 15) is 0 Å². The monoisotopic (exact) mass is 307 g/mol. The first-order valence-corrected chi connectivity index (χ1v) is 8.45. The number of halogens is 1. The number of hydrogen-bond donors (Lipinski definition) is 1. The zero-order valence-corrected chi connectivity index (χ0v) is 14.0. The van der Waals surface area contributed by atoms with E-state index in [0.717, 1.165) is 18.1 Å². The highest BCUT2D eigenvalue weighted by Gasteiger charge is 2.35. The molecule has 2 fully saturated rings. The van der Waals surface area contributed by atoms with Crippen LogP contribution in [0.25, 0.3) is 0 Å². The van der Waals surface area contributed by atoms with Crippen molar-refractivity contribution in [3.63, 3.8) is 0 Å². The van der Waals surface area contributed by atoms with E-state index in [-0.39, 0.29) is 0 Å². The molecule has 2 aliphatic rings. The maximum Gasteiger partial charge on any atom is 0.0643 e. The fraction of sp³-hybridized carbons (Fsp3) is 0.647. The summed E-state index contributed by atoms with van der Waals surface area (Å²) in [4.78, 5) is 5.15. The molecule has 116 valence electrons. The quantitative estimate of drug-likeness (QED) is 0.924. The summed E-state index contributed by atoms with van der Waals surface area (Å²) in [5.74, 6) is 0. The molecule has 0 spiro atoms. The number of nitrogens with zero attached hydrogens (tertiary/aromatic N) is 2. The second kappa shape index (κ2) is 6.15. The molecule has 3 rings (SSSR count). The Labute approximate surface area is 133 Å². The van der Waals surface area contributed by atoms with Crippen molar-refractivity contribution in [1.82, 2.24) is 10.2 Å². The summed E-state index contributed by atoms with van der Waals surface area (Å²) in [6.45, 7) is 8.02. The minimum absolute atomic E-state index is 0.334. The van der Waals surface area contributed by atoms with Crippen molar-refractivity contribution in [2.45, 2.75) is 44.8 Å². The molecule has 2 heterocycles. The Morgan fingerprint density at radius 2 is 2.14 bits per heavy atom. The molecular weight excluding hydrogens is 282 g/mol. The highest BCUT2D eigenvalue weighted by atomic mass is 35.5. The third kappa shape index (κ3) is 2.92. The number of nitrogens with one attached hydrogen (secondary N) is 1. The van der Waals surface area contributed by atoms with Crippen molar-refractivity contribution in [2.75, 3.05) is 31.6 Å². The lowest BCUT2D eigenvalue weighted by molar-refractivity contribution is 0.203. The van der Waals surface area contributed by atoms with Gasteiger partial charge in [-0.2, -0.15) is 0 Å². The number of hydrogen-bond acceptors (Lipinski definition) is 3. The Balaban J connectivity index is 1.82. The Kier molecular flexibility index (Phi) is 4.43. The third-order valence-corrected chi connectivity index (χ3v) is 5.45. The van der Waals surface area contributed by atoms with Gasteiger partial charge in [-0.1, -0.05) is 17.7 Å². The number of benzene rings is 1. The van der Waals surface area contributed by atoms with Crippen LogP contribution in [-0.4, -0.2) is 43.7 Å². The summed E-state index contributed by atoms with van der Waals surface area (Å²) >= 11 is 6.59. The third-order valence-electron chi connectivity index (χ3n) is 5.15. The zero-order valence-electron chi connectivity index (χ0n) is 13.3. The lowest BCUT2D eigenvalue weighted by Crippen LogP contribution is -2.55. The summed E-state index contributed by atoms with van der Waals surface area (Å²) in [7, 11) is 1.98. The van der Waals surface area contributed by atoms with Crippen molar-refractivity contribution in [1.29, 1.82) is 0 Å². The molecule has 0 amide bonds. The van der Waals surface area contributed by atoms with Gasteiger partial charge < -0.3 is 10.2 Å². The van der Waals surface area contributed by atoms with E-state index in [1.165, 1.54) is 30.6 Å². The molecule has 3 atom stereocenters.